The van der Waals surface area contributed by atoms with Crippen LogP contribution in [0.4, 0.5) is 0 Å². The number of carbonyl (C=O) groups excluding carboxylic acids is 1. The minimum Gasteiger partial charge on any atom is -0.391 e. The van der Waals surface area contributed by atoms with Crippen molar-refractivity contribution < 1.29 is 9.90 Å². The average Bonchev–Trinajstić information content (AvgIpc) is 2.98. The standard InChI is InChI=1S/C16H20N4O2/c1-12-2-3-13(10-18-12)16(22)19-7-4-14(15(21)5-8-19)20-9-6-17-11-20/h2-3,6,9-11,14-15,21H,4-5,7-8H2,1H3/t14-,15-/m0/s1. The van der Waals surface area contributed by atoms with E-state index in [1.54, 1.807) is 29.7 Å². The summed E-state index contributed by atoms with van der Waals surface area (Å²) in [5.41, 5.74) is 1.49. The van der Waals surface area contributed by atoms with Crippen molar-refractivity contribution in [1.29, 1.82) is 0 Å². The molecular formula is C16H20N4O2. The Balaban J connectivity index is 1.72. The smallest absolute Gasteiger partial charge is 0.255 e. The maximum Gasteiger partial charge on any atom is 0.255 e. The Kier molecular flexibility index (Phi) is 4.20. The van der Waals surface area contributed by atoms with Gasteiger partial charge in [0.25, 0.3) is 5.91 Å². The highest BCUT2D eigenvalue weighted by Crippen LogP contribution is 2.23. The number of hydrogen-bond acceptors (Lipinski definition) is 4. The Morgan fingerprint density at radius 2 is 2.14 bits per heavy atom. The summed E-state index contributed by atoms with van der Waals surface area (Å²) in [4.78, 5) is 22.6. The van der Waals surface area contributed by atoms with Crippen molar-refractivity contribution in [1.82, 2.24) is 19.4 Å². The van der Waals surface area contributed by atoms with Gasteiger partial charge in [0, 0.05) is 37.4 Å². The van der Waals surface area contributed by atoms with Gasteiger partial charge in [-0.05, 0) is 31.9 Å². The molecule has 0 bridgehead atoms. The summed E-state index contributed by atoms with van der Waals surface area (Å²) >= 11 is 0. The van der Waals surface area contributed by atoms with E-state index in [0.29, 0.717) is 31.5 Å². The summed E-state index contributed by atoms with van der Waals surface area (Å²) in [6.07, 6.45) is 7.70. The van der Waals surface area contributed by atoms with Crippen LogP contribution in [0.1, 0.15) is 34.9 Å². The molecule has 1 N–H and O–H groups in total. The highest BCUT2D eigenvalue weighted by atomic mass is 16.3. The van der Waals surface area contributed by atoms with Gasteiger partial charge in [0.05, 0.1) is 24.0 Å². The second-order valence-corrected chi connectivity index (χ2v) is 5.70. The van der Waals surface area contributed by atoms with Gasteiger partial charge >= 0.3 is 0 Å². The van der Waals surface area contributed by atoms with Gasteiger partial charge in [-0.1, -0.05) is 0 Å². The quantitative estimate of drug-likeness (QED) is 0.910. The van der Waals surface area contributed by atoms with E-state index in [-0.39, 0.29) is 11.9 Å². The number of aliphatic hydroxyl groups excluding tert-OH is 1. The van der Waals surface area contributed by atoms with Crippen LogP contribution in [0.25, 0.3) is 0 Å². The lowest BCUT2D eigenvalue weighted by atomic mass is 10.1. The zero-order valence-electron chi connectivity index (χ0n) is 12.6. The third-order valence-corrected chi connectivity index (χ3v) is 4.19. The molecule has 0 aromatic carbocycles. The van der Waals surface area contributed by atoms with E-state index in [1.165, 1.54) is 0 Å². The molecule has 1 saturated heterocycles. The first-order valence-corrected chi connectivity index (χ1v) is 7.52. The Labute approximate surface area is 129 Å². The van der Waals surface area contributed by atoms with E-state index in [0.717, 1.165) is 5.69 Å². The second kappa shape index (κ2) is 6.27. The van der Waals surface area contributed by atoms with E-state index in [4.69, 9.17) is 0 Å². The molecule has 6 heteroatoms. The number of amides is 1. The maximum absolute atomic E-state index is 12.5. The monoisotopic (exact) mass is 300 g/mol. The molecule has 2 atom stereocenters. The van der Waals surface area contributed by atoms with Crippen LogP contribution in [0.2, 0.25) is 0 Å². The van der Waals surface area contributed by atoms with Crippen LogP contribution in [0.3, 0.4) is 0 Å². The molecule has 3 rings (SSSR count). The fraction of sp³-hybridized carbons (Fsp3) is 0.438. The molecule has 1 aliphatic rings. The van der Waals surface area contributed by atoms with Crippen LogP contribution in [0.15, 0.2) is 37.1 Å². The summed E-state index contributed by atoms with van der Waals surface area (Å²) < 4.78 is 1.92. The number of carbonyl (C=O) groups is 1. The Morgan fingerprint density at radius 3 is 2.82 bits per heavy atom. The summed E-state index contributed by atoms with van der Waals surface area (Å²) in [6, 6.07) is 3.62. The number of aromatic nitrogens is 3. The number of nitrogens with zero attached hydrogens (tertiary/aromatic N) is 4. The largest absolute Gasteiger partial charge is 0.391 e. The van der Waals surface area contributed by atoms with Gasteiger partial charge in [-0.2, -0.15) is 0 Å². The minimum absolute atomic E-state index is 0.0222. The molecule has 2 aromatic rings. The number of hydrogen-bond donors (Lipinski definition) is 1. The minimum atomic E-state index is -0.469. The van der Waals surface area contributed by atoms with Crippen LogP contribution in [-0.4, -0.2) is 49.6 Å². The number of imidazole rings is 1. The highest BCUT2D eigenvalue weighted by Gasteiger charge is 2.28. The van der Waals surface area contributed by atoms with E-state index < -0.39 is 6.10 Å². The van der Waals surface area contributed by atoms with Gasteiger partial charge < -0.3 is 14.6 Å². The summed E-state index contributed by atoms with van der Waals surface area (Å²) in [7, 11) is 0. The topological polar surface area (TPSA) is 71.2 Å². The van der Waals surface area contributed by atoms with E-state index in [2.05, 4.69) is 9.97 Å². The molecular weight excluding hydrogens is 280 g/mol. The normalized spacial score (nSPS) is 22.4. The fourth-order valence-electron chi connectivity index (χ4n) is 2.87. The Hall–Kier alpha value is -2.21. The molecule has 1 aliphatic heterocycles. The van der Waals surface area contributed by atoms with Crippen molar-refractivity contribution >= 4 is 5.91 Å². The lowest BCUT2D eigenvalue weighted by Crippen LogP contribution is -2.32. The summed E-state index contributed by atoms with van der Waals surface area (Å²) in [6.45, 7) is 3.07. The van der Waals surface area contributed by atoms with Crippen molar-refractivity contribution in [2.24, 2.45) is 0 Å². The summed E-state index contributed by atoms with van der Waals surface area (Å²) in [5, 5.41) is 10.3. The number of likely N-dealkylation sites (tertiary alicyclic amines) is 1. The SMILES string of the molecule is Cc1ccc(C(=O)N2CC[C@H](O)[C@@H](n3ccnc3)CC2)cn1. The van der Waals surface area contributed by atoms with Crippen molar-refractivity contribution in [2.45, 2.75) is 31.9 Å². The van der Waals surface area contributed by atoms with Gasteiger partial charge in [-0.15, -0.1) is 0 Å². The van der Waals surface area contributed by atoms with Crippen molar-refractivity contribution in [2.75, 3.05) is 13.1 Å². The molecule has 1 amide bonds. The fourth-order valence-corrected chi connectivity index (χ4v) is 2.87. The number of pyridine rings is 1. The van der Waals surface area contributed by atoms with Crippen molar-refractivity contribution in [3.05, 3.63) is 48.3 Å². The molecule has 1 fully saturated rings. The first-order chi connectivity index (χ1) is 10.6. The zero-order chi connectivity index (χ0) is 15.5. The third kappa shape index (κ3) is 3.01. The predicted octanol–water partition coefficient (Wildman–Crippen LogP) is 1.42. The number of aryl methyl sites for hydroxylation is 1. The third-order valence-electron chi connectivity index (χ3n) is 4.19. The van der Waals surface area contributed by atoms with Crippen LogP contribution in [0, 0.1) is 6.92 Å². The molecule has 0 radical (unpaired) electrons. The Bertz CT molecular complexity index is 624. The molecule has 22 heavy (non-hydrogen) atoms. The van der Waals surface area contributed by atoms with Gasteiger partial charge in [0.15, 0.2) is 0 Å². The van der Waals surface area contributed by atoms with Crippen LogP contribution in [0.5, 0.6) is 0 Å². The molecule has 0 unspecified atom stereocenters. The lowest BCUT2D eigenvalue weighted by Gasteiger charge is -2.21. The van der Waals surface area contributed by atoms with Gasteiger partial charge in [0.2, 0.25) is 0 Å². The molecule has 0 saturated carbocycles. The Morgan fingerprint density at radius 1 is 1.32 bits per heavy atom. The van der Waals surface area contributed by atoms with Gasteiger partial charge in [-0.25, -0.2) is 4.98 Å². The van der Waals surface area contributed by atoms with Crippen molar-refractivity contribution in [3.8, 4) is 0 Å². The molecule has 2 aromatic heterocycles. The van der Waals surface area contributed by atoms with E-state index in [1.807, 2.05) is 23.8 Å². The van der Waals surface area contributed by atoms with E-state index in [9.17, 15) is 9.90 Å². The van der Waals surface area contributed by atoms with Crippen LogP contribution < -0.4 is 0 Å². The molecule has 0 spiro atoms. The lowest BCUT2D eigenvalue weighted by molar-refractivity contribution is 0.0751. The first kappa shape index (κ1) is 14.7. The average molecular weight is 300 g/mol. The summed E-state index contributed by atoms with van der Waals surface area (Å²) in [5.74, 6) is -0.0222. The molecule has 0 aliphatic carbocycles. The van der Waals surface area contributed by atoms with Crippen LogP contribution >= 0.6 is 0 Å². The number of rotatable bonds is 2. The molecule has 3 heterocycles. The first-order valence-electron chi connectivity index (χ1n) is 7.52. The molecule has 6 nitrogen and oxygen atoms in total. The predicted molar refractivity (Wildman–Crippen MR) is 81.4 cm³/mol. The molecule has 116 valence electrons. The second-order valence-electron chi connectivity index (χ2n) is 5.70. The van der Waals surface area contributed by atoms with Gasteiger partial charge in [-0.3, -0.25) is 9.78 Å². The maximum atomic E-state index is 12.5. The van der Waals surface area contributed by atoms with E-state index >= 15 is 0 Å². The number of aliphatic hydroxyl groups is 1. The van der Waals surface area contributed by atoms with Crippen LogP contribution in [-0.2, 0) is 0 Å². The van der Waals surface area contributed by atoms with Crippen molar-refractivity contribution in [3.63, 3.8) is 0 Å². The highest BCUT2D eigenvalue weighted by molar-refractivity contribution is 5.93. The zero-order valence-corrected chi connectivity index (χ0v) is 12.6. The van der Waals surface area contributed by atoms with Gasteiger partial charge in [0.1, 0.15) is 0 Å².